The lowest BCUT2D eigenvalue weighted by Crippen LogP contribution is -2.58. The van der Waals surface area contributed by atoms with E-state index in [-0.39, 0.29) is 11.3 Å². The van der Waals surface area contributed by atoms with Crippen molar-refractivity contribution in [3.05, 3.63) is 0 Å². The number of hydrogen-bond donors (Lipinski definition) is 1. The van der Waals surface area contributed by atoms with Gasteiger partial charge < -0.3 is 10.1 Å². The highest BCUT2D eigenvalue weighted by Gasteiger charge is 2.52. The minimum atomic E-state index is 0.103. The first kappa shape index (κ1) is 12.9. The SMILES string of the molecule is CC(C)C1NC(=O)CC2(CCOC2)C1C(C)C. The largest absolute Gasteiger partial charge is 0.381 e. The topological polar surface area (TPSA) is 38.3 Å². The number of amides is 1. The van der Waals surface area contributed by atoms with Gasteiger partial charge in [-0.15, -0.1) is 0 Å². The van der Waals surface area contributed by atoms with Crippen LogP contribution in [0.3, 0.4) is 0 Å². The average molecular weight is 239 g/mol. The molecule has 17 heavy (non-hydrogen) atoms. The fourth-order valence-electron chi connectivity index (χ4n) is 3.87. The molecule has 2 rings (SSSR count). The van der Waals surface area contributed by atoms with E-state index in [4.69, 9.17) is 4.74 Å². The lowest BCUT2D eigenvalue weighted by Gasteiger charge is -2.49. The van der Waals surface area contributed by atoms with Crippen LogP contribution in [0.1, 0.15) is 40.5 Å². The molecule has 2 aliphatic rings. The second-order valence-corrected chi connectivity index (χ2v) is 6.45. The molecule has 1 spiro atoms. The van der Waals surface area contributed by atoms with Gasteiger partial charge in [0.2, 0.25) is 5.91 Å². The van der Waals surface area contributed by atoms with E-state index in [2.05, 4.69) is 33.0 Å². The number of piperidine rings is 1. The van der Waals surface area contributed by atoms with E-state index >= 15 is 0 Å². The minimum absolute atomic E-state index is 0.103. The summed E-state index contributed by atoms with van der Waals surface area (Å²) in [6.45, 7) is 10.5. The predicted molar refractivity (Wildman–Crippen MR) is 67.6 cm³/mol. The van der Waals surface area contributed by atoms with Crippen molar-refractivity contribution in [2.24, 2.45) is 23.2 Å². The number of hydrogen-bond acceptors (Lipinski definition) is 2. The van der Waals surface area contributed by atoms with E-state index in [0.717, 1.165) is 19.6 Å². The van der Waals surface area contributed by atoms with Crippen LogP contribution in [-0.2, 0) is 9.53 Å². The Morgan fingerprint density at radius 1 is 1.29 bits per heavy atom. The number of carbonyl (C=O) groups is 1. The molecule has 1 amide bonds. The fourth-order valence-corrected chi connectivity index (χ4v) is 3.87. The summed E-state index contributed by atoms with van der Waals surface area (Å²) in [7, 11) is 0. The first-order chi connectivity index (χ1) is 7.96. The van der Waals surface area contributed by atoms with E-state index in [1.54, 1.807) is 0 Å². The average Bonchev–Trinajstić information content (AvgIpc) is 2.64. The Labute approximate surface area is 104 Å². The number of carbonyl (C=O) groups excluding carboxylic acids is 1. The second-order valence-electron chi connectivity index (χ2n) is 6.45. The Kier molecular flexibility index (Phi) is 3.48. The van der Waals surface area contributed by atoms with Crippen molar-refractivity contribution in [2.75, 3.05) is 13.2 Å². The Hall–Kier alpha value is -0.570. The monoisotopic (exact) mass is 239 g/mol. The zero-order valence-corrected chi connectivity index (χ0v) is 11.5. The maximum absolute atomic E-state index is 11.9. The van der Waals surface area contributed by atoms with E-state index in [9.17, 15) is 4.79 Å². The van der Waals surface area contributed by atoms with Gasteiger partial charge in [0.15, 0.2) is 0 Å². The highest BCUT2D eigenvalue weighted by Crippen LogP contribution is 2.48. The van der Waals surface area contributed by atoms with Gasteiger partial charge in [0.1, 0.15) is 0 Å². The van der Waals surface area contributed by atoms with Crippen LogP contribution in [0.2, 0.25) is 0 Å². The fraction of sp³-hybridized carbons (Fsp3) is 0.929. The van der Waals surface area contributed by atoms with Crippen LogP contribution in [-0.4, -0.2) is 25.2 Å². The molecule has 1 N–H and O–H groups in total. The molecule has 2 aliphatic heterocycles. The highest BCUT2D eigenvalue weighted by molar-refractivity contribution is 5.78. The van der Waals surface area contributed by atoms with Crippen molar-refractivity contribution in [1.29, 1.82) is 0 Å². The van der Waals surface area contributed by atoms with Gasteiger partial charge >= 0.3 is 0 Å². The minimum Gasteiger partial charge on any atom is -0.381 e. The maximum Gasteiger partial charge on any atom is 0.220 e. The van der Waals surface area contributed by atoms with Crippen molar-refractivity contribution < 1.29 is 9.53 Å². The quantitative estimate of drug-likeness (QED) is 0.802. The van der Waals surface area contributed by atoms with Crippen LogP contribution >= 0.6 is 0 Å². The second kappa shape index (κ2) is 4.60. The van der Waals surface area contributed by atoms with Crippen LogP contribution in [0, 0.1) is 23.2 Å². The molecule has 0 bridgehead atoms. The van der Waals surface area contributed by atoms with Crippen LogP contribution in [0.4, 0.5) is 0 Å². The van der Waals surface area contributed by atoms with Gasteiger partial charge in [-0.3, -0.25) is 4.79 Å². The third-order valence-corrected chi connectivity index (χ3v) is 4.50. The number of nitrogens with one attached hydrogen (secondary N) is 1. The van der Waals surface area contributed by atoms with Gasteiger partial charge in [-0.25, -0.2) is 0 Å². The maximum atomic E-state index is 11.9. The molecule has 3 atom stereocenters. The smallest absolute Gasteiger partial charge is 0.220 e. The van der Waals surface area contributed by atoms with Crippen molar-refractivity contribution in [2.45, 2.75) is 46.6 Å². The molecule has 2 heterocycles. The Morgan fingerprint density at radius 3 is 2.47 bits per heavy atom. The summed E-state index contributed by atoms with van der Waals surface area (Å²) in [5.41, 5.74) is 0.103. The van der Waals surface area contributed by atoms with Crippen molar-refractivity contribution in [3.8, 4) is 0 Å². The van der Waals surface area contributed by atoms with Gasteiger partial charge in [0.25, 0.3) is 0 Å². The molecule has 0 radical (unpaired) electrons. The van der Waals surface area contributed by atoms with Gasteiger partial charge in [-0.05, 0) is 24.2 Å². The van der Waals surface area contributed by atoms with Crippen molar-refractivity contribution in [3.63, 3.8) is 0 Å². The molecule has 0 aromatic heterocycles. The summed E-state index contributed by atoms with van der Waals surface area (Å²) in [6, 6.07) is 0.304. The molecule has 0 aliphatic carbocycles. The first-order valence-electron chi connectivity index (χ1n) is 6.83. The normalized spacial score (nSPS) is 38.1. The standard InChI is InChI=1S/C14H25NO2/c1-9(2)12-13(10(3)4)15-11(16)7-14(12)5-6-17-8-14/h9-10,12-13H,5-8H2,1-4H3,(H,15,16). The van der Waals surface area contributed by atoms with Crippen molar-refractivity contribution >= 4 is 5.91 Å². The summed E-state index contributed by atoms with van der Waals surface area (Å²) in [4.78, 5) is 11.9. The molecule has 3 unspecified atom stereocenters. The molecule has 0 saturated carbocycles. The van der Waals surface area contributed by atoms with Gasteiger partial charge in [-0.1, -0.05) is 27.7 Å². The van der Waals surface area contributed by atoms with Gasteiger partial charge in [0, 0.05) is 24.5 Å². The number of rotatable bonds is 2. The molecule has 3 heteroatoms. The summed E-state index contributed by atoms with van der Waals surface area (Å²) >= 11 is 0. The predicted octanol–water partition coefficient (Wildman–Crippen LogP) is 2.21. The lowest BCUT2D eigenvalue weighted by atomic mass is 9.60. The van der Waals surface area contributed by atoms with Crippen molar-refractivity contribution in [1.82, 2.24) is 5.32 Å². The summed E-state index contributed by atoms with van der Waals surface area (Å²) in [6.07, 6.45) is 1.70. The molecular weight excluding hydrogens is 214 g/mol. The van der Waals surface area contributed by atoms with E-state index in [0.29, 0.717) is 30.2 Å². The Bertz CT molecular complexity index is 293. The zero-order chi connectivity index (χ0) is 12.6. The summed E-state index contributed by atoms with van der Waals surface area (Å²) in [5, 5.41) is 3.20. The van der Waals surface area contributed by atoms with E-state index < -0.39 is 0 Å². The molecule has 0 aromatic carbocycles. The zero-order valence-electron chi connectivity index (χ0n) is 11.5. The summed E-state index contributed by atoms with van der Waals surface area (Å²) < 4.78 is 5.61. The van der Waals surface area contributed by atoms with E-state index in [1.165, 1.54) is 0 Å². The molecule has 0 aromatic rings. The lowest BCUT2D eigenvalue weighted by molar-refractivity contribution is -0.133. The van der Waals surface area contributed by atoms with Crippen LogP contribution in [0.5, 0.6) is 0 Å². The van der Waals surface area contributed by atoms with Gasteiger partial charge in [0.05, 0.1) is 6.61 Å². The molecular formula is C14H25NO2. The van der Waals surface area contributed by atoms with Crippen LogP contribution < -0.4 is 5.32 Å². The van der Waals surface area contributed by atoms with Gasteiger partial charge in [-0.2, -0.15) is 0 Å². The van der Waals surface area contributed by atoms with E-state index in [1.807, 2.05) is 0 Å². The Balaban J connectivity index is 2.31. The van der Waals surface area contributed by atoms with Crippen LogP contribution in [0.15, 0.2) is 0 Å². The summed E-state index contributed by atoms with van der Waals surface area (Å²) in [5.74, 6) is 1.84. The third kappa shape index (κ3) is 2.22. The number of ether oxygens (including phenoxy) is 1. The van der Waals surface area contributed by atoms with Crippen LogP contribution in [0.25, 0.3) is 0 Å². The highest BCUT2D eigenvalue weighted by atomic mass is 16.5. The third-order valence-electron chi connectivity index (χ3n) is 4.50. The first-order valence-corrected chi connectivity index (χ1v) is 6.83. The molecule has 98 valence electrons. The Morgan fingerprint density at radius 2 is 2.00 bits per heavy atom. The molecule has 2 saturated heterocycles. The molecule has 2 fully saturated rings. The molecule has 3 nitrogen and oxygen atoms in total.